The van der Waals surface area contributed by atoms with Crippen LogP contribution in [0.3, 0.4) is 0 Å². The fourth-order valence-electron chi connectivity index (χ4n) is 2.18. The Bertz CT molecular complexity index is 1010. The van der Waals surface area contributed by atoms with E-state index < -0.39 is 5.91 Å². The van der Waals surface area contributed by atoms with Crippen molar-refractivity contribution >= 4 is 43.4 Å². The number of para-hydroxylation sites is 1. The molecule has 6 heteroatoms. The molecular formula is C17H10BrFN2OS. The molecule has 0 radical (unpaired) electrons. The van der Waals surface area contributed by atoms with Gasteiger partial charge in [-0.05, 0) is 30.3 Å². The summed E-state index contributed by atoms with van der Waals surface area (Å²) in [5, 5.41) is 0. The summed E-state index contributed by atoms with van der Waals surface area (Å²) in [5.41, 5.74) is 0.820. The number of halogens is 2. The van der Waals surface area contributed by atoms with Crippen molar-refractivity contribution in [3.05, 3.63) is 63.1 Å². The molecule has 0 aliphatic rings. The Labute approximate surface area is 144 Å². The predicted octanol–water partition coefficient (Wildman–Crippen LogP) is 3.98. The highest BCUT2D eigenvalue weighted by Crippen LogP contribution is 2.20. The van der Waals surface area contributed by atoms with Crippen molar-refractivity contribution in [2.45, 2.75) is 6.54 Å². The van der Waals surface area contributed by atoms with E-state index in [-0.39, 0.29) is 12.4 Å². The number of aromatic nitrogens is 1. The number of nitrogens with zero attached hydrogens (tertiary/aromatic N) is 2. The summed E-state index contributed by atoms with van der Waals surface area (Å²) in [4.78, 5) is 16.9. The molecule has 0 aliphatic carbocycles. The maximum Gasteiger partial charge on any atom is 0.279 e. The number of carbonyl (C=O) groups is 1. The number of terminal acetylenes is 1. The predicted molar refractivity (Wildman–Crippen MR) is 92.6 cm³/mol. The molecule has 114 valence electrons. The number of thiazole rings is 1. The average molecular weight is 389 g/mol. The van der Waals surface area contributed by atoms with Crippen LogP contribution in [-0.4, -0.2) is 10.5 Å². The third kappa shape index (κ3) is 3.11. The minimum absolute atomic E-state index is 0.144. The molecule has 0 atom stereocenters. The molecule has 23 heavy (non-hydrogen) atoms. The first kappa shape index (κ1) is 15.7. The zero-order valence-corrected chi connectivity index (χ0v) is 14.2. The Morgan fingerprint density at radius 2 is 2.13 bits per heavy atom. The average Bonchev–Trinajstić information content (AvgIpc) is 2.86. The molecule has 1 amide bonds. The van der Waals surface area contributed by atoms with E-state index in [4.69, 9.17) is 6.42 Å². The topological polar surface area (TPSA) is 34.4 Å². The van der Waals surface area contributed by atoms with Crippen LogP contribution >= 0.6 is 27.3 Å². The maximum absolute atomic E-state index is 14.1. The summed E-state index contributed by atoms with van der Waals surface area (Å²) in [7, 11) is 0. The monoisotopic (exact) mass is 388 g/mol. The molecular weight excluding hydrogens is 379 g/mol. The van der Waals surface area contributed by atoms with Crippen molar-refractivity contribution in [1.29, 1.82) is 0 Å². The smallest absolute Gasteiger partial charge is 0.279 e. The van der Waals surface area contributed by atoms with Crippen LogP contribution in [0.2, 0.25) is 0 Å². The third-order valence-corrected chi connectivity index (χ3v) is 4.71. The summed E-state index contributed by atoms with van der Waals surface area (Å²) in [6.45, 7) is 0.144. The molecule has 0 bridgehead atoms. The molecule has 0 saturated heterocycles. The van der Waals surface area contributed by atoms with Gasteiger partial charge in [-0.15, -0.1) is 6.42 Å². The van der Waals surface area contributed by atoms with Crippen molar-refractivity contribution in [2.75, 3.05) is 0 Å². The molecule has 0 saturated carbocycles. The van der Waals surface area contributed by atoms with E-state index in [9.17, 15) is 9.18 Å². The quantitative estimate of drug-likeness (QED) is 0.611. The highest BCUT2D eigenvalue weighted by molar-refractivity contribution is 9.10. The minimum atomic E-state index is -0.399. The summed E-state index contributed by atoms with van der Waals surface area (Å²) >= 11 is 4.55. The molecule has 2 aromatic carbocycles. The molecule has 1 aromatic heterocycles. The molecule has 0 unspecified atom stereocenters. The molecule has 3 rings (SSSR count). The lowest BCUT2D eigenvalue weighted by atomic mass is 10.2. The summed E-state index contributed by atoms with van der Waals surface area (Å²) < 4.78 is 17.1. The van der Waals surface area contributed by atoms with E-state index in [2.05, 4.69) is 26.8 Å². The van der Waals surface area contributed by atoms with E-state index in [0.29, 0.717) is 20.6 Å². The lowest BCUT2D eigenvalue weighted by molar-refractivity contribution is 0.0998. The second-order valence-electron chi connectivity index (χ2n) is 4.69. The Kier molecular flexibility index (Phi) is 4.42. The normalized spacial score (nSPS) is 11.6. The Morgan fingerprint density at radius 1 is 1.35 bits per heavy atom. The van der Waals surface area contributed by atoms with Crippen molar-refractivity contribution in [2.24, 2.45) is 4.99 Å². The van der Waals surface area contributed by atoms with Crippen LogP contribution < -0.4 is 4.80 Å². The van der Waals surface area contributed by atoms with Gasteiger partial charge in [-0.1, -0.05) is 45.3 Å². The van der Waals surface area contributed by atoms with Gasteiger partial charge in [-0.3, -0.25) is 4.79 Å². The van der Waals surface area contributed by atoms with Crippen LogP contribution in [0.25, 0.3) is 10.2 Å². The van der Waals surface area contributed by atoms with Crippen LogP contribution in [0.5, 0.6) is 0 Å². The summed E-state index contributed by atoms with van der Waals surface area (Å²) in [6, 6.07) is 11.7. The Balaban J connectivity index is 2.19. The van der Waals surface area contributed by atoms with Crippen LogP contribution in [0, 0.1) is 18.2 Å². The first-order valence-corrected chi connectivity index (χ1v) is 8.27. The number of amides is 1. The standard InChI is InChI=1S/C17H10BrFN2OS/c1-2-9-21-15-13(19)7-4-8-14(15)23-17(21)20-16(22)11-5-3-6-12(18)10-11/h1,3-8,10H,9H2. The Hall–Kier alpha value is -2.23. The van der Waals surface area contributed by atoms with Crippen molar-refractivity contribution in [3.63, 3.8) is 0 Å². The van der Waals surface area contributed by atoms with Gasteiger partial charge in [-0.25, -0.2) is 4.39 Å². The second kappa shape index (κ2) is 6.49. The van der Waals surface area contributed by atoms with Gasteiger partial charge < -0.3 is 4.57 Å². The highest BCUT2D eigenvalue weighted by Gasteiger charge is 2.12. The zero-order chi connectivity index (χ0) is 16.4. The van der Waals surface area contributed by atoms with Gasteiger partial charge in [0.2, 0.25) is 0 Å². The van der Waals surface area contributed by atoms with Gasteiger partial charge in [0.05, 0.1) is 16.8 Å². The third-order valence-electron chi connectivity index (χ3n) is 3.17. The van der Waals surface area contributed by atoms with E-state index in [1.54, 1.807) is 34.9 Å². The van der Waals surface area contributed by atoms with E-state index in [1.165, 1.54) is 17.4 Å². The van der Waals surface area contributed by atoms with Gasteiger partial charge in [0.1, 0.15) is 5.82 Å². The van der Waals surface area contributed by atoms with Gasteiger partial charge >= 0.3 is 0 Å². The SMILES string of the molecule is C#CCn1c(=NC(=O)c2cccc(Br)c2)sc2cccc(F)c21. The van der Waals surface area contributed by atoms with Gasteiger partial charge in [-0.2, -0.15) is 4.99 Å². The number of benzene rings is 2. The van der Waals surface area contributed by atoms with Gasteiger partial charge in [0.15, 0.2) is 4.80 Å². The first-order valence-electron chi connectivity index (χ1n) is 6.66. The van der Waals surface area contributed by atoms with Crippen LogP contribution in [0.15, 0.2) is 51.9 Å². The summed E-state index contributed by atoms with van der Waals surface area (Å²) in [6.07, 6.45) is 5.37. The van der Waals surface area contributed by atoms with E-state index in [1.807, 2.05) is 6.07 Å². The molecule has 3 aromatic rings. The second-order valence-corrected chi connectivity index (χ2v) is 6.61. The van der Waals surface area contributed by atoms with E-state index in [0.717, 1.165) is 4.47 Å². The maximum atomic E-state index is 14.1. The molecule has 0 N–H and O–H groups in total. The zero-order valence-electron chi connectivity index (χ0n) is 11.8. The Morgan fingerprint density at radius 3 is 2.87 bits per heavy atom. The number of rotatable bonds is 2. The van der Waals surface area contributed by atoms with Crippen molar-refractivity contribution in [1.82, 2.24) is 4.57 Å². The fraction of sp³-hybridized carbons (Fsp3) is 0.0588. The van der Waals surface area contributed by atoms with Crippen LogP contribution in [-0.2, 0) is 6.54 Å². The first-order chi connectivity index (χ1) is 11.1. The van der Waals surface area contributed by atoms with E-state index >= 15 is 0 Å². The van der Waals surface area contributed by atoms with Crippen LogP contribution in [0.1, 0.15) is 10.4 Å². The number of fused-ring (bicyclic) bond motifs is 1. The van der Waals surface area contributed by atoms with Crippen LogP contribution in [0.4, 0.5) is 4.39 Å². The van der Waals surface area contributed by atoms with Gasteiger partial charge in [0.25, 0.3) is 5.91 Å². The van der Waals surface area contributed by atoms with Crippen molar-refractivity contribution in [3.8, 4) is 12.3 Å². The fourth-order valence-corrected chi connectivity index (χ4v) is 3.62. The largest absolute Gasteiger partial charge is 0.302 e. The molecule has 0 aliphatic heterocycles. The van der Waals surface area contributed by atoms with Crippen molar-refractivity contribution < 1.29 is 9.18 Å². The molecule has 0 spiro atoms. The summed E-state index contributed by atoms with van der Waals surface area (Å²) in [5.74, 6) is 1.69. The molecule has 0 fully saturated rings. The minimum Gasteiger partial charge on any atom is -0.302 e. The number of carbonyl (C=O) groups excluding carboxylic acids is 1. The van der Waals surface area contributed by atoms with Gasteiger partial charge in [0, 0.05) is 10.0 Å². The number of hydrogen-bond donors (Lipinski definition) is 0. The lowest BCUT2D eigenvalue weighted by Crippen LogP contribution is -2.17. The lowest BCUT2D eigenvalue weighted by Gasteiger charge is -2.01. The molecule has 1 heterocycles. The molecule has 3 nitrogen and oxygen atoms in total. The number of hydrogen-bond acceptors (Lipinski definition) is 2. The highest BCUT2D eigenvalue weighted by atomic mass is 79.9.